The number of ether oxygens (including phenoxy) is 1. The minimum Gasteiger partial charge on any atom is -0.493 e. The Bertz CT molecular complexity index is 931. The Morgan fingerprint density at radius 3 is 2.75 bits per heavy atom. The summed E-state index contributed by atoms with van der Waals surface area (Å²) in [5, 5.41) is 2.71. The fourth-order valence-corrected chi connectivity index (χ4v) is 2.32. The van der Waals surface area contributed by atoms with Crippen LogP contribution in [0.4, 0.5) is 10.2 Å². The molecule has 0 radical (unpaired) electrons. The molecular formula is C21H19FN4O2. The van der Waals surface area contributed by atoms with Gasteiger partial charge in [0.2, 0.25) is 5.91 Å². The summed E-state index contributed by atoms with van der Waals surface area (Å²) < 4.78 is 17.5. The van der Waals surface area contributed by atoms with Crippen molar-refractivity contribution in [3.63, 3.8) is 0 Å². The second-order valence-electron chi connectivity index (χ2n) is 5.79. The number of nitrogens with one attached hydrogen (secondary N) is 1. The molecule has 0 unspecified atom stereocenters. The van der Waals surface area contributed by atoms with Gasteiger partial charge >= 0.3 is 0 Å². The van der Waals surface area contributed by atoms with Gasteiger partial charge < -0.3 is 10.1 Å². The standard InChI is InChI=1S/C21H19FN4O2/c22-11-2-14-28-18-7-4-16(5-8-18)6-9-20(27)25-19-10-13-24-21(26-19)17-3-1-12-23-15-17/h1,3-10,12-13,15H,2,11,14H2,(H,24,25,26,27)/b9-6+. The Morgan fingerprint density at radius 2 is 2.00 bits per heavy atom. The average molecular weight is 378 g/mol. The number of anilines is 1. The second kappa shape index (κ2) is 9.91. The van der Waals surface area contributed by atoms with Crippen LogP contribution in [0.1, 0.15) is 12.0 Å². The molecule has 0 bridgehead atoms. The lowest BCUT2D eigenvalue weighted by Gasteiger charge is -2.05. The Morgan fingerprint density at radius 1 is 1.14 bits per heavy atom. The number of benzene rings is 1. The van der Waals surface area contributed by atoms with E-state index < -0.39 is 6.67 Å². The molecule has 0 aliphatic heterocycles. The van der Waals surface area contributed by atoms with E-state index in [4.69, 9.17) is 4.74 Å². The molecule has 142 valence electrons. The van der Waals surface area contributed by atoms with Crippen molar-refractivity contribution in [3.05, 3.63) is 72.7 Å². The first-order valence-electron chi connectivity index (χ1n) is 8.76. The maximum absolute atomic E-state index is 12.1. The van der Waals surface area contributed by atoms with E-state index in [0.29, 0.717) is 30.4 Å². The fraction of sp³-hybridized carbons (Fsp3) is 0.143. The van der Waals surface area contributed by atoms with E-state index in [1.54, 1.807) is 48.9 Å². The molecule has 28 heavy (non-hydrogen) atoms. The molecule has 2 heterocycles. The summed E-state index contributed by atoms with van der Waals surface area (Å²) in [7, 11) is 0. The Hall–Kier alpha value is -3.61. The zero-order valence-electron chi connectivity index (χ0n) is 15.1. The molecule has 0 saturated carbocycles. The molecule has 3 rings (SSSR count). The van der Waals surface area contributed by atoms with Crippen LogP contribution < -0.4 is 10.1 Å². The molecule has 2 aromatic heterocycles. The highest BCUT2D eigenvalue weighted by atomic mass is 19.1. The van der Waals surface area contributed by atoms with Crippen LogP contribution in [0.5, 0.6) is 5.75 Å². The van der Waals surface area contributed by atoms with Crippen molar-refractivity contribution in [3.8, 4) is 17.1 Å². The molecule has 6 nitrogen and oxygen atoms in total. The number of carbonyl (C=O) groups excluding carboxylic acids is 1. The molecule has 1 aromatic carbocycles. The molecular weight excluding hydrogens is 359 g/mol. The van der Waals surface area contributed by atoms with Gasteiger partial charge in [-0.3, -0.25) is 14.2 Å². The van der Waals surface area contributed by atoms with E-state index in [1.165, 1.54) is 6.08 Å². The van der Waals surface area contributed by atoms with Gasteiger partial charge in [-0.25, -0.2) is 9.97 Å². The highest BCUT2D eigenvalue weighted by Gasteiger charge is 2.04. The lowest BCUT2D eigenvalue weighted by Crippen LogP contribution is -2.09. The number of hydrogen-bond donors (Lipinski definition) is 1. The van der Waals surface area contributed by atoms with Crippen molar-refractivity contribution in [2.45, 2.75) is 6.42 Å². The first kappa shape index (κ1) is 19.2. The zero-order chi connectivity index (χ0) is 19.6. The zero-order valence-corrected chi connectivity index (χ0v) is 15.1. The van der Waals surface area contributed by atoms with Crippen LogP contribution in [0.2, 0.25) is 0 Å². The quantitative estimate of drug-likeness (QED) is 0.475. The molecule has 0 spiro atoms. The normalized spacial score (nSPS) is 10.8. The van der Waals surface area contributed by atoms with Gasteiger partial charge in [-0.15, -0.1) is 0 Å². The van der Waals surface area contributed by atoms with E-state index in [0.717, 1.165) is 11.1 Å². The summed E-state index contributed by atoms with van der Waals surface area (Å²) in [6.45, 7) is -0.0555. The largest absolute Gasteiger partial charge is 0.493 e. The third-order valence-electron chi connectivity index (χ3n) is 3.68. The van der Waals surface area contributed by atoms with Crippen molar-refractivity contribution in [1.82, 2.24) is 15.0 Å². The third-order valence-corrected chi connectivity index (χ3v) is 3.68. The SMILES string of the molecule is O=C(/C=C/c1ccc(OCCCF)cc1)Nc1ccnc(-c2cccnc2)n1. The summed E-state index contributed by atoms with van der Waals surface area (Å²) in [5.74, 6) is 1.25. The van der Waals surface area contributed by atoms with Gasteiger partial charge in [-0.1, -0.05) is 12.1 Å². The van der Waals surface area contributed by atoms with Gasteiger partial charge in [0, 0.05) is 36.7 Å². The number of rotatable bonds is 8. The van der Waals surface area contributed by atoms with Gasteiger partial charge in [-0.2, -0.15) is 0 Å². The number of nitrogens with zero attached hydrogens (tertiary/aromatic N) is 3. The van der Waals surface area contributed by atoms with Crippen LogP contribution in [-0.2, 0) is 4.79 Å². The summed E-state index contributed by atoms with van der Waals surface area (Å²) in [5.41, 5.74) is 1.61. The van der Waals surface area contributed by atoms with Crippen molar-refractivity contribution < 1.29 is 13.9 Å². The maximum atomic E-state index is 12.1. The van der Waals surface area contributed by atoms with Crippen molar-refractivity contribution in [1.29, 1.82) is 0 Å². The van der Waals surface area contributed by atoms with Crippen LogP contribution >= 0.6 is 0 Å². The molecule has 0 aliphatic carbocycles. The lowest BCUT2D eigenvalue weighted by atomic mass is 10.2. The maximum Gasteiger partial charge on any atom is 0.249 e. The summed E-state index contributed by atoms with van der Waals surface area (Å²) in [6, 6.07) is 12.5. The number of halogens is 1. The second-order valence-corrected chi connectivity index (χ2v) is 5.79. The first-order valence-corrected chi connectivity index (χ1v) is 8.76. The molecule has 1 N–H and O–H groups in total. The van der Waals surface area contributed by atoms with Crippen molar-refractivity contribution in [2.75, 3.05) is 18.6 Å². The van der Waals surface area contributed by atoms with E-state index in [1.807, 2.05) is 18.2 Å². The van der Waals surface area contributed by atoms with Crippen molar-refractivity contribution >= 4 is 17.8 Å². The minimum atomic E-state index is -0.397. The number of hydrogen-bond acceptors (Lipinski definition) is 5. The Labute approximate surface area is 162 Å². The number of amides is 1. The molecule has 1 amide bonds. The Kier molecular flexibility index (Phi) is 6.78. The Balaban J connectivity index is 1.58. The third kappa shape index (κ3) is 5.70. The highest BCUT2D eigenvalue weighted by Crippen LogP contribution is 2.15. The molecule has 0 aliphatic rings. The van der Waals surface area contributed by atoms with E-state index >= 15 is 0 Å². The lowest BCUT2D eigenvalue weighted by molar-refractivity contribution is -0.111. The first-order chi connectivity index (χ1) is 13.7. The number of aromatic nitrogens is 3. The molecule has 3 aromatic rings. The summed E-state index contributed by atoms with van der Waals surface area (Å²) >= 11 is 0. The fourth-order valence-electron chi connectivity index (χ4n) is 2.32. The molecule has 7 heteroatoms. The number of alkyl halides is 1. The predicted molar refractivity (Wildman–Crippen MR) is 105 cm³/mol. The monoisotopic (exact) mass is 378 g/mol. The smallest absolute Gasteiger partial charge is 0.249 e. The van der Waals surface area contributed by atoms with Gasteiger partial charge in [0.15, 0.2) is 5.82 Å². The van der Waals surface area contributed by atoms with Crippen LogP contribution in [-0.4, -0.2) is 34.1 Å². The average Bonchev–Trinajstić information content (AvgIpc) is 2.74. The van der Waals surface area contributed by atoms with Gasteiger partial charge in [0.05, 0.1) is 13.3 Å². The molecule has 0 atom stereocenters. The van der Waals surface area contributed by atoms with Crippen LogP contribution in [0.3, 0.4) is 0 Å². The van der Waals surface area contributed by atoms with Crippen LogP contribution in [0.25, 0.3) is 17.5 Å². The highest BCUT2D eigenvalue weighted by molar-refractivity contribution is 6.01. The topological polar surface area (TPSA) is 77.0 Å². The predicted octanol–water partition coefficient (Wildman–Crippen LogP) is 3.93. The summed E-state index contributed by atoms with van der Waals surface area (Å²) in [6.07, 6.45) is 8.38. The molecule has 0 fully saturated rings. The van der Waals surface area contributed by atoms with Crippen LogP contribution in [0.15, 0.2) is 67.1 Å². The minimum absolute atomic E-state index is 0.306. The van der Waals surface area contributed by atoms with Crippen LogP contribution in [0, 0.1) is 0 Å². The van der Waals surface area contributed by atoms with Gasteiger partial charge in [0.25, 0.3) is 0 Å². The van der Waals surface area contributed by atoms with E-state index in [9.17, 15) is 9.18 Å². The molecule has 0 saturated heterocycles. The summed E-state index contributed by atoms with van der Waals surface area (Å²) in [4.78, 5) is 24.7. The number of carbonyl (C=O) groups is 1. The van der Waals surface area contributed by atoms with E-state index in [-0.39, 0.29) is 5.91 Å². The van der Waals surface area contributed by atoms with Gasteiger partial charge in [0.1, 0.15) is 11.6 Å². The van der Waals surface area contributed by atoms with Gasteiger partial charge in [-0.05, 0) is 42.0 Å². The number of pyridine rings is 1. The van der Waals surface area contributed by atoms with E-state index in [2.05, 4.69) is 20.3 Å². The van der Waals surface area contributed by atoms with Crippen molar-refractivity contribution in [2.24, 2.45) is 0 Å².